The fraction of sp³-hybridized carbons (Fsp3) is 0.0476. The van der Waals surface area contributed by atoms with Crippen molar-refractivity contribution in [3.05, 3.63) is 95.2 Å². The molecule has 2 aromatic heterocycles. The zero-order chi connectivity index (χ0) is 15.5. The lowest BCUT2D eigenvalue weighted by Gasteiger charge is -2.07. The van der Waals surface area contributed by atoms with Crippen LogP contribution < -0.4 is 0 Å². The van der Waals surface area contributed by atoms with Gasteiger partial charge in [-0.05, 0) is 23.6 Å². The van der Waals surface area contributed by atoms with Crippen LogP contribution in [0.1, 0.15) is 10.8 Å². The second-order valence-electron chi connectivity index (χ2n) is 5.41. The average molecular weight is 316 g/mol. The Kier molecular flexibility index (Phi) is 3.83. The first-order valence-corrected chi connectivity index (χ1v) is 8.54. The molecule has 0 spiro atoms. The number of allylic oxidation sites excluding steroid dienone is 6. The number of hydrogen-bond donors (Lipinski definition) is 0. The summed E-state index contributed by atoms with van der Waals surface area (Å²) in [5.41, 5.74) is 2.28. The zero-order valence-corrected chi connectivity index (χ0v) is 13.4. The molecular formula is C21H16OS. The first kappa shape index (κ1) is 14.0. The van der Waals surface area contributed by atoms with E-state index in [1.54, 1.807) is 11.3 Å². The van der Waals surface area contributed by atoms with Gasteiger partial charge < -0.3 is 4.42 Å². The van der Waals surface area contributed by atoms with Gasteiger partial charge in [0, 0.05) is 21.9 Å². The van der Waals surface area contributed by atoms with Crippen molar-refractivity contribution in [2.75, 3.05) is 0 Å². The first-order chi connectivity index (χ1) is 11.4. The second kappa shape index (κ2) is 6.27. The zero-order valence-electron chi connectivity index (χ0n) is 12.6. The molecule has 2 heteroatoms. The molecular weight excluding hydrogens is 300 g/mol. The highest BCUT2D eigenvalue weighted by molar-refractivity contribution is 7.10. The number of furan rings is 1. The minimum Gasteiger partial charge on any atom is -0.456 e. The van der Waals surface area contributed by atoms with Gasteiger partial charge in [-0.2, -0.15) is 0 Å². The normalized spacial score (nSPS) is 14.3. The fourth-order valence-corrected chi connectivity index (χ4v) is 3.72. The van der Waals surface area contributed by atoms with E-state index in [4.69, 9.17) is 4.42 Å². The SMILES string of the molecule is C1=CC=CC(c2sccc2-c2ccc(-c3ccccc3)o2)C=C1. The lowest BCUT2D eigenvalue weighted by atomic mass is 10.0. The van der Waals surface area contributed by atoms with Gasteiger partial charge in [0.1, 0.15) is 11.5 Å². The molecule has 0 atom stereocenters. The van der Waals surface area contributed by atoms with Crippen molar-refractivity contribution < 1.29 is 4.42 Å². The van der Waals surface area contributed by atoms with Crippen molar-refractivity contribution in [1.82, 2.24) is 0 Å². The molecule has 0 radical (unpaired) electrons. The Morgan fingerprint density at radius 3 is 2.26 bits per heavy atom. The van der Waals surface area contributed by atoms with Crippen LogP contribution in [-0.4, -0.2) is 0 Å². The lowest BCUT2D eigenvalue weighted by molar-refractivity contribution is 0.597. The third kappa shape index (κ3) is 2.86. The van der Waals surface area contributed by atoms with Gasteiger partial charge in [0.2, 0.25) is 0 Å². The number of benzene rings is 1. The van der Waals surface area contributed by atoms with Crippen LogP contribution in [0.15, 0.2) is 94.8 Å². The van der Waals surface area contributed by atoms with Crippen LogP contribution in [0.3, 0.4) is 0 Å². The molecule has 0 N–H and O–H groups in total. The molecule has 1 nitrogen and oxygen atoms in total. The number of thiophene rings is 1. The van der Waals surface area contributed by atoms with Crippen LogP contribution >= 0.6 is 11.3 Å². The van der Waals surface area contributed by atoms with Crippen LogP contribution in [0, 0.1) is 0 Å². The predicted octanol–water partition coefficient (Wildman–Crippen LogP) is 6.44. The molecule has 2 heterocycles. The molecule has 0 fully saturated rings. The summed E-state index contributed by atoms with van der Waals surface area (Å²) >= 11 is 1.77. The monoisotopic (exact) mass is 316 g/mol. The Hall–Kier alpha value is -2.58. The standard InChI is InChI=1S/C21H16OS/c1-2-5-11-17(10-4-1)21-18(14-15-23-21)20-13-12-19(22-20)16-8-6-3-7-9-16/h1-15,17H. The maximum Gasteiger partial charge on any atom is 0.135 e. The molecule has 0 saturated carbocycles. The second-order valence-corrected chi connectivity index (χ2v) is 6.36. The van der Waals surface area contributed by atoms with E-state index in [1.165, 1.54) is 10.4 Å². The molecule has 23 heavy (non-hydrogen) atoms. The molecule has 3 aromatic rings. The summed E-state index contributed by atoms with van der Waals surface area (Å²) in [6, 6.07) is 16.5. The smallest absolute Gasteiger partial charge is 0.135 e. The van der Waals surface area contributed by atoms with Gasteiger partial charge in [0.25, 0.3) is 0 Å². The van der Waals surface area contributed by atoms with Crippen LogP contribution in [-0.2, 0) is 0 Å². The molecule has 1 aliphatic rings. The molecule has 0 aliphatic heterocycles. The van der Waals surface area contributed by atoms with Gasteiger partial charge in [0.15, 0.2) is 0 Å². The van der Waals surface area contributed by atoms with Gasteiger partial charge in [-0.15, -0.1) is 11.3 Å². The minimum atomic E-state index is 0.297. The Labute approximate surface area is 139 Å². The predicted molar refractivity (Wildman–Crippen MR) is 97.6 cm³/mol. The van der Waals surface area contributed by atoms with Gasteiger partial charge in [-0.3, -0.25) is 0 Å². The van der Waals surface area contributed by atoms with E-state index >= 15 is 0 Å². The van der Waals surface area contributed by atoms with Crippen molar-refractivity contribution in [1.29, 1.82) is 0 Å². The van der Waals surface area contributed by atoms with E-state index in [0.717, 1.165) is 17.1 Å². The third-order valence-corrected chi connectivity index (χ3v) is 4.92. The summed E-state index contributed by atoms with van der Waals surface area (Å²) in [5, 5.41) is 2.13. The maximum atomic E-state index is 6.12. The largest absolute Gasteiger partial charge is 0.456 e. The van der Waals surface area contributed by atoms with E-state index in [1.807, 2.05) is 24.3 Å². The minimum absolute atomic E-state index is 0.297. The van der Waals surface area contributed by atoms with E-state index in [9.17, 15) is 0 Å². The molecule has 112 valence electrons. The molecule has 1 aliphatic carbocycles. The van der Waals surface area contributed by atoms with E-state index in [2.05, 4.69) is 66.1 Å². The van der Waals surface area contributed by atoms with Gasteiger partial charge in [-0.1, -0.05) is 66.8 Å². The van der Waals surface area contributed by atoms with E-state index in [0.29, 0.717) is 5.92 Å². The Morgan fingerprint density at radius 1 is 0.739 bits per heavy atom. The highest BCUT2D eigenvalue weighted by Crippen LogP contribution is 2.38. The topological polar surface area (TPSA) is 13.1 Å². The molecule has 4 rings (SSSR count). The Balaban J connectivity index is 1.70. The van der Waals surface area contributed by atoms with Crippen LogP contribution in [0.2, 0.25) is 0 Å². The third-order valence-electron chi connectivity index (χ3n) is 3.90. The van der Waals surface area contributed by atoms with Crippen molar-refractivity contribution >= 4 is 11.3 Å². The van der Waals surface area contributed by atoms with Gasteiger partial charge in [-0.25, -0.2) is 0 Å². The van der Waals surface area contributed by atoms with Crippen molar-refractivity contribution in [2.45, 2.75) is 5.92 Å². The molecule has 0 saturated heterocycles. The lowest BCUT2D eigenvalue weighted by Crippen LogP contribution is -1.89. The average Bonchev–Trinajstić information content (AvgIpc) is 3.19. The number of hydrogen-bond acceptors (Lipinski definition) is 2. The summed E-state index contributed by atoms with van der Waals surface area (Å²) in [6.07, 6.45) is 12.8. The van der Waals surface area contributed by atoms with Crippen LogP contribution in [0.4, 0.5) is 0 Å². The Morgan fingerprint density at radius 2 is 1.48 bits per heavy atom. The van der Waals surface area contributed by atoms with E-state index in [-0.39, 0.29) is 0 Å². The van der Waals surface area contributed by atoms with Gasteiger partial charge in [0.05, 0.1) is 0 Å². The van der Waals surface area contributed by atoms with E-state index < -0.39 is 0 Å². The summed E-state index contributed by atoms with van der Waals surface area (Å²) < 4.78 is 6.12. The summed E-state index contributed by atoms with van der Waals surface area (Å²) in [7, 11) is 0. The fourth-order valence-electron chi connectivity index (χ4n) is 2.76. The highest BCUT2D eigenvalue weighted by atomic mass is 32.1. The van der Waals surface area contributed by atoms with Crippen molar-refractivity contribution in [3.8, 4) is 22.6 Å². The quantitative estimate of drug-likeness (QED) is 0.542. The maximum absolute atomic E-state index is 6.12. The molecule has 1 aromatic carbocycles. The summed E-state index contributed by atoms with van der Waals surface area (Å²) in [4.78, 5) is 1.31. The summed E-state index contributed by atoms with van der Waals surface area (Å²) in [5.74, 6) is 2.13. The Bertz CT molecular complexity index is 861. The van der Waals surface area contributed by atoms with Crippen molar-refractivity contribution in [3.63, 3.8) is 0 Å². The summed E-state index contributed by atoms with van der Waals surface area (Å²) in [6.45, 7) is 0. The van der Waals surface area contributed by atoms with Crippen molar-refractivity contribution in [2.24, 2.45) is 0 Å². The molecule has 0 bridgehead atoms. The van der Waals surface area contributed by atoms with Crippen LogP contribution in [0.5, 0.6) is 0 Å². The van der Waals surface area contributed by atoms with Gasteiger partial charge >= 0.3 is 0 Å². The highest BCUT2D eigenvalue weighted by Gasteiger charge is 2.16. The first-order valence-electron chi connectivity index (χ1n) is 7.66. The number of rotatable bonds is 3. The van der Waals surface area contributed by atoms with Crippen LogP contribution in [0.25, 0.3) is 22.6 Å². The molecule has 0 amide bonds. The molecule has 0 unspecified atom stereocenters.